The molecule has 2 aromatic rings. The smallest absolute Gasteiger partial charge is 0.320 e. The zero-order valence-corrected chi connectivity index (χ0v) is 14.4. The van der Waals surface area contributed by atoms with Crippen LogP contribution in [0.25, 0.3) is 0 Å². The van der Waals surface area contributed by atoms with E-state index in [4.69, 9.17) is 5.26 Å². The topological polar surface area (TPSA) is 82.7 Å². The fraction of sp³-hybridized carbons (Fsp3) is 0.438. The van der Waals surface area contributed by atoms with Gasteiger partial charge >= 0.3 is 6.03 Å². The molecular weight excluding hydrogens is 310 g/mol. The third-order valence-corrected chi connectivity index (χ3v) is 4.09. The number of nitriles is 1. The lowest BCUT2D eigenvalue weighted by atomic mass is 10.1. The molecule has 0 aliphatic heterocycles. The average molecular weight is 331 g/mol. The van der Waals surface area contributed by atoms with Crippen molar-refractivity contribution in [3.8, 4) is 6.07 Å². The normalized spacial score (nSPS) is 11.0. The predicted octanol–water partition coefficient (Wildman–Crippen LogP) is 3.33. The molecule has 0 aliphatic rings. The van der Waals surface area contributed by atoms with Crippen molar-refractivity contribution in [3.05, 3.63) is 34.4 Å². The first-order chi connectivity index (χ1) is 10.9. The van der Waals surface area contributed by atoms with Gasteiger partial charge in [0.2, 0.25) is 0 Å². The second kappa shape index (κ2) is 7.29. The molecule has 122 valence electrons. The lowest BCUT2D eigenvalue weighted by Gasteiger charge is -2.24. The van der Waals surface area contributed by atoms with Crippen molar-refractivity contribution in [2.45, 2.75) is 39.2 Å². The zero-order valence-electron chi connectivity index (χ0n) is 13.6. The van der Waals surface area contributed by atoms with Crippen LogP contribution in [0.15, 0.2) is 23.8 Å². The maximum Gasteiger partial charge on any atom is 0.320 e. The lowest BCUT2D eigenvalue weighted by Crippen LogP contribution is -2.32. The first kappa shape index (κ1) is 17.0. The molecule has 2 N–H and O–H groups in total. The Morgan fingerprint density at radius 2 is 2.26 bits per heavy atom. The Bertz CT molecular complexity index is 691. The van der Waals surface area contributed by atoms with E-state index < -0.39 is 0 Å². The maximum atomic E-state index is 12.0. The van der Waals surface area contributed by atoms with Crippen molar-refractivity contribution in [3.63, 3.8) is 0 Å². The molecule has 2 rings (SSSR count). The van der Waals surface area contributed by atoms with Crippen LogP contribution in [0.5, 0.6) is 0 Å². The van der Waals surface area contributed by atoms with Gasteiger partial charge in [-0.1, -0.05) is 0 Å². The second-order valence-corrected chi connectivity index (χ2v) is 7.16. The van der Waals surface area contributed by atoms with Crippen LogP contribution < -0.4 is 10.6 Å². The summed E-state index contributed by atoms with van der Waals surface area (Å²) in [4.78, 5) is 16.2. The van der Waals surface area contributed by atoms with E-state index in [0.29, 0.717) is 17.9 Å². The summed E-state index contributed by atoms with van der Waals surface area (Å²) in [6, 6.07) is 3.52. The van der Waals surface area contributed by atoms with Crippen LogP contribution in [-0.4, -0.2) is 22.1 Å². The number of aromatic nitrogens is 2. The van der Waals surface area contributed by atoms with Gasteiger partial charge < -0.3 is 9.88 Å². The third-order valence-electron chi connectivity index (χ3n) is 3.25. The number of carbonyl (C=O) groups excluding carboxylic acids is 1. The summed E-state index contributed by atoms with van der Waals surface area (Å²) < 4.78 is 1.89. The quantitative estimate of drug-likeness (QED) is 0.824. The molecule has 2 aromatic heterocycles. The standard InChI is InChI=1S/C16H21N5OS/c1-16(2,3)21-11-12(10-17)9-13(21)20-15(22)19-6-4-5-14-18-7-8-23-14/h7-9,11H,4-6H2,1-3H3,(H2,19,20,22). The number of hydrogen-bond donors (Lipinski definition) is 2. The molecule has 0 bridgehead atoms. The molecular formula is C16H21N5OS. The number of thiazole rings is 1. The summed E-state index contributed by atoms with van der Waals surface area (Å²) in [5.74, 6) is 0.617. The summed E-state index contributed by atoms with van der Waals surface area (Å²) in [5, 5.41) is 17.7. The van der Waals surface area contributed by atoms with Crippen LogP contribution in [-0.2, 0) is 12.0 Å². The highest BCUT2D eigenvalue weighted by Gasteiger charge is 2.19. The van der Waals surface area contributed by atoms with E-state index in [2.05, 4.69) is 21.7 Å². The summed E-state index contributed by atoms with van der Waals surface area (Å²) >= 11 is 1.62. The molecule has 2 heterocycles. The van der Waals surface area contributed by atoms with Crippen molar-refractivity contribution in [1.82, 2.24) is 14.9 Å². The molecule has 0 aromatic carbocycles. The van der Waals surface area contributed by atoms with Gasteiger partial charge in [-0.05, 0) is 33.3 Å². The van der Waals surface area contributed by atoms with E-state index in [-0.39, 0.29) is 11.6 Å². The lowest BCUT2D eigenvalue weighted by molar-refractivity contribution is 0.251. The summed E-state index contributed by atoms with van der Waals surface area (Å²) in [5.41, 5.74) is 0.307. The van der Waals surface area contributed by atoms with E-state index >= 15 is 0 Å². The minimum absolute atomic E-state index is 0.220. The van der Waals surface area contributed by atoms with E-state index in [1.165, 1.54) is 0 Å². The Morgan fingerprint density at radius 1 is 1.48 bits per heavy atom. The molecule has 0 saturated carbocycles. The van der Waals surface area contributed by atoms with Gasteiger partial charge in [-0.15, -0.1) is 11.3 Å². The Kier molecular flexibility index (Phi) is 5.40. The van der Waals surface area contributed by atoms with Crippen LogP contribution in [0.4, 0.5) is 10.6 Å². The molecule has 0 saturated heterocycles. The number of aryl methyl sites for hydroxylation is 1. The first-order valence-electron chi connectivity index (χ1n) is 7.46. The molecule has 0 radical (unpaired) electrons. The number of carbonyl (C=O) groups is 1. The number of urea groups is 1. The Labute approximate surface area is 140 Å². The summed E-state index contributed by atoms with van der Waals surface area (Å²) in [6.07, 6.45) is 5.23. The summed E-state index contributed by atoms with van der Waals surface area (Å²) in [6.45, 7) is 6.63. The molecule has 0 fully saturated rings. The van der Waals surface area contributed by atoms with Gasteiger partial charge in [-0.2, -0.15) is 5.26 Å². The summed E-state index contributed by atoms with van der Waals surface area (Å²) in [7, 11) is 0. The fourth-order valence-electron chi connectivity index (χ4n) is 2.15. The molecule has 23 heavy (non-hydrogen) atoms. The van der Waals surface area contributed by atoms with E-state index in [0.717, 1.165) is 17.8 Å². The average Bonchev–Trinajstić information content (AvgIpc) is 3.12. The van der Waals surface area contributed by atoms with Gasteiger partial charge in [0.25, 0.3) is 0 Å². The van der Waals surface area contributed by atoms with Crippen molar-refractivity contribution in [1.29, 1.82) is 5.26 Å². The number of nitrogens with zero attached hydrogens (tertiary/aromatic N) is 3. The molecule has 2 amide bonds. The minimum Gasteiger partial charge on any atom is -0.338 e. The number of rotatable bonds is 5. The first-order valence-corrected chi connectivity index (χ1v) is 8.34. The predicted molar refractivity (Wildman–Crippen MR) is 91.6 cm³/mol. The largest absolute Gasteiger partial charge is 0.338 e. The van der Waals surface area contributed by atoms with Crippen LogP contribution in [0.1, 0.15) is 37.8 Å². The van der Waals surface area contributed by atoms with Gasteiger partial charge in [0.1, 0.15) is 11.9 Å². The monoisotopic (exact) mass is 331 g/mol. The highest BCUT2D eigenvalue weighted by Crippen LogP contribution is 2.23. The number of anilines is 1. The fourth-order valence-corrected chi connectivity index (χ4v) is 2.82. The highest BCUT2D eigenvalue weighted by atomic mass is 32.1. The maximum absolute atomic E-state index is 12.0. The van der Waals surface area contributed by atoms with Gasteiger partial charge in [-0.3, -0.25) is 5.32 Å². The minimum atomic E-state index is -0.266. The van der Waals surface area contributed by atoms with Crippen molar-refractivity contribution in [2.75, 3.05) is 11.9 Å². The van der Waals surface area contributed by atoms with Crippen molar-refractivity contribution in [2.24, 2.45) is 0 Å². The number of nitrogens with one attached hydrogen (secondary N) is 2. The molecule has 0 unspecified atom stereocenters. The van der Waals surface area contributed by atoms with Gasteiger partial charge in [0.15, 0.2) is 0 Å². The van der Waals surface area contributed by atoms with Gasteiger partial charge in [0, 0.05) is 36.3 Å². The molecule has 6 nitrogen and oxygen atoms in total. The molecule has 0 spiro atoms. The Hall–Kier alpha value is -2.33. The molecule has 0 atom stereocenters. The number of hydrogen-bond acceptors (Lipinski definition) is 4. The van der Waals surface area contributed by atoms with Crippen LogP contribution in [0.3, 0.4) is 0 Å². The van der Waals surface area contributed by atoms with Crippen molar-refractivity contribution >= 4 is 23.2 Å². The van der Waals surface area contributed by atoms with Crippen LogP contribution in [0, 0.1) is 11.3 Å². The SMILES string of the molecule is CC(C)(C)n1cc(C#N)cc1NC(=O)NCCCc1nccs1. The molecule has 0 aliphatic carbocycles. The second-order valence-electron chi connectivity index (χ2n) is 6.18. The highest BCUT2D eigenvalue weighted by molar-refractivity contribution is 7.09. The van der Waals surface area contributed by atoms with Crippen molar-refractivity contribution < 1.29 is 4.79 Å². The third kappa shape index (κ3) is 4.83. The van der Waals surface area contributed by atoms with Crippen LogP contribution in [0.2, 0.25) is 0 Å². The van der Waals surface area contributed by atoms with Crippen LogP contribution >= 0.6 is 11.3 Å². The van der Waals surface area contributed by atoms with E-state index in [9.17, 15) is 4.79 Å². The van der Waals surface area contributed by atoms with Gasteiger partial charge in [-0.25, -0.2) is 9.78 Å². The van der Waals surface area contributed by atoms with Gasteiger partial charge in [0.05, 0.1) is 10.6 Å². The van der Waals surface area contributed by atoms with E-state index in [1.807, 2.05) is 30.7 Å². The Balaban J connectivity index is 1.87. The molecule has 7 heteroatoms. The Morgan fingerprint density at radius 3 is 2.87 bits per heavy atom. The number of amides is 2. The zero-order chi connectivity index (χ0) is 16.9. The van der Waals surface area contributed by atoms with E-state index in [1.54, 1.807) is 29.8 Å².